The van der Waals surface area contributed by atoms with Crippen molar-refractivity contribution in [2.75, 3.05) is 13.1 Å². The average Bonchev–Trinajstić information content (AvgIpc) is 2.88. The molecule has 0 aliphatic carbocycles. The van der Waals surface area contributed by atoms with Gasteiger partial charge in [0.1, 0.15) is 0 Å². The van der Waals surface area contributed by atoms with Gasteiger partial charge in [0.05, 0.1) is 16.1 Å². The fraction of sp³-hybridized carbons (Fsp3) is 0.750. The molecule has 0 aromatic carbocycles. The summed E-state index contributed by atoms with van der Waals surface area (Å²) in [5.74, 6) is -0.168. The standard InChI is InChI=1S/C16H26N2O2S/c1-4-6-16(15(19)20)7-5-8-18(11-16)9-13-10-21-14(17-13)12(2)3/h10,12H,4-9,11H2,1-3H3,(H,19,20). The van der Waals surface area contributed by atoms with Gasteiger partial charge in [0.15, 0.2) is 0 Å². The fourth-order valence-electron chi connectivity index (χ4n) is 3.22. The number of likely N-dealkylation sites (tertiary alicyclic amines) is 1. The van der Waals surface area contributed by atoms with E-state index >= 15 is 0 Å². The maximum absolute atomic E-state index is 11.7. The lowest BCUT2D eigenvalue weighted by molar-refractivity contribution is -0.153. The van der Waals surface area contributed by atoms with E-state index in [-0.39, 0.29) is 0 Å². The van der Waals surface area contributed by atoms with Crippen LogP contribution in [0.15, 0.2) is 5.38 Å². The summed E-state index contributed by atoms with van der Waals surface area (Å²) < 4.78 is 0. The van der Waals surface area contributed by atoms with Crippen molar-refractivity contribution >= 4 is 17.3 Å². The Hall–Kier alpha value is -0.940. The molecule has 4 nitrogen and oxygen atoms in total. The summed E-state index contributed by atoms with van der Waals surface area (Å²) in [6.07, 6.45) is 3.47. The molecule has 1 aromatic heterocycles. The minimum atomic E-state index is -0.629. The summed E-state index contributed by atoms with van der Waals surface area (Å²) in [5, 5.41) is 12.9. The molecule has 0 radical (unpaired) electrons. The summed E-state index contributed by atoms with van der Waals surface area (Å²) in [4.78, 5) is 18.7. The largest absolute Gasteiger partial charge is 0.481 e. The molecular weight excluding hydrogens is 284 g/mol. The summed E-state index contributed by atoms with van der Waals surface area (Å²) >= 11 is 1.71. The molecule has 1 saturated heterocycles. The molecule has 0 spiro atoms. The summed E-state index contributed by atoms with van der Waals surface area (Å²) in [6.45, 7) is 8.79. The molecule has 1 unspecified atom stereocenters. The van der Waals surface area contributed by atoms with Gasteiger partial charge >= 0.3 is 5.97 Å². The fourth-order valence-corrected chi connectivity index (χ4v) is 4.04. The molecule has 0 saturated carbocycles. The van der Waals surface area contributed by atoms with Gasteiger partial charge in [0.25, 0.3) is 0 Å². The summed E-state index contributed by atoms with van der Waals surface area (Å²) in [5.41, 5.74) is 0.533. The number of hydrogen-bond acceptors (Lipinski definition) is 4. The SMILES string of the molecule is CCCC1(C(=O)O)CCCN(Cc2csc(C(C)C)n2)C1. The number of carboxylic acids is 1. The van der Waals surface area contributed by atoms with Gasteiger partial charge in [-0.05, 0) is 25.8 Å². The Morgan fingerprint density at radius 2 is 2.33 bits per heavy atom. The second-order valence-electron chi connectivity index (χ2n) is 6.48. The van der Waals surface area contributed by atoms with Crippen LogP contribution in [0, 0.1) is 5.41 Å². The molecule has 21 heavy (non-hydrogen) atoms. The van der Waals surface area contributed by atoms with Crippen LogP contribution >= 0.6 is 11.3 Å². The molecule has 1 aliphatic rings. The van der Waals surface area contributed by atoms with E-state index in [9.17, 15) is 9.90 Å². The van der Waals surface area contributed by atoms with Crippen molar-refractivity contribution in [2.24, 2.45) is 5.41 Å². The van der Waals surface area contributed by atoms with E-state index in [0.717, 1.165) is 44.5 Å². The Morgan fingerprint density at radius 1 is 1.57 bits per heavy atom. The van der Waals surface area contributed by atoms with Crippen molar-refractivity contribution < 1.29 is 9.90 Å². The lowest BCUT2D eigenvalue weighted by Crippen LogP contribution is -2.47. The molecule has 0 amide bonds. The molecule has 1 aromatic rings. The molecule has 2 rings (SSSR count). The average molecular weight is 310 g/mol. The molecular formula is C16H26N2O2S. The van der Waals surface area contributed by atoms with Gasteiger partial charge in [-0.15, -0.1) is 11.3 Å². The third-order valence-electron chi connectivity index (χ3n) is 4.29. The maximum atomic E-state index is 11.7. The molecule has 0 bridgehead atoms. The Morgan fingerprint density at radius 3 is 2.90 bits per heavy atom. The van der Waals surface area contributed by atoms with Crippen LogP contribution in [0.4, 0.5) is 0 Å². The first kappa shape index (κ1) is 16.4. The molecule has 1 atom stereocenters. The highest BCUT2D eigenvalue weighted by Gasteiger charge is 2.41. The van der Waals surface area contributed by atoms with E-state index in [1.807, 2.05) is 0 Å². The predicted octanol–water partition coefficient (Wildman–Crippen LogP) is 3.73. The van der Waals surface area contributed by atoms with Gasteiger partial charge in [-0.2, -0.15) is 0 Å². The number of aromatic nitrogens is 1. The number of nitrogens with zero attached hydrogens (tertiary/aromatic N) is 2. The van der Waals surface area contributed by atoms with E-state index < -0.39 is 11.4 Å². The summed E-state index contributed by atoms with van der Waals surface area (Å²) in [7, 11) is 0. The number of rotatable bonds is 6. The molecule has 1 fully saturated rings. The van der Waals surface area contributed by atoms with Gasteiger partial charge in [0.2, 0.25) is 0 Å². The molecule has 2 heterocycles. The number of carboxylic acid groups (broad SMARTS) is 1. The number of aliphatic carboxylic acids is 1. The maximum Gasteiger partial charge on any atom is 0.310 e. The minimum absolute atomic E-state index is 0.461. The summed E-state index contributed by atoms with van der Waals surface area (Å²) in [6, 6.07) is 0. The Balaban J connectivity index is 2.04. The van der Waals surface area contributed by atoms with Gasteiger partial charge in [-0.3, -0.25) is 9.69 Å². The minimum Gasteiger partial charge on any atom is -0.481 e. The molecule has 118 valence electrons. The second-order valence-corrected chi connectivity index (χ2v) is 7.37. The van der Waals surface area contributed by atoms with Crippen LogP contribution in [0.3, 0.4) is 0 Å². The highest BCUT2D eigenvalue weighted by molar-refractivity contribution is 7.09. The van der Waals surface area contributed by atoms with E-state index in [0.29, 0.717) is 12.5 Å². The lowest BCUT2D eigenvalue weighted by atomic mass is 9.76. The first-order chi connectivity index (χ1) is 9.97. The van der Waals surface area contributed by atoms with Gasteiger partial charge in [-0.25, -0.2) is 4.98 Å². The molecule has 5 heteroatoms. The number of piperidine rings is 1. The zero-order chi connectivity index (χ0) is 15.5. The van der Waals surface area contributed by atoms with E-state index in [1.165, 1.54) is 5.01 Å². The van der Waals surface area contributed by atoms with Crippen LogP contribution in [0.5, 0.6) is 0 Å². The third kappa shape index (κ3) is 3.83. The van der Waals surface area contributed by atoms with Crippen LogP contribution < -0.4 is 0 Å². The van der Waals surface area contributed by atoms with E-state index in [1.54, 1.807) is 11.3 Å². The Labute approximate surface area is 131 Å². The van der Waals surface area contributed by atoms with E-state index in [4.69, 9.17) is 0 Å². The highest BCUT2D eigenvalue weighted by Crippen LogP contribution is 2.35. The zero-order valence-electron chi connectivity index (χ0n) is 13.3. The van der Waals surface area contributed by atoms with Crippen molar-refractivity contribution in [3.63, 3.8) is 0 Å². The zero-order valence-corrected chi connectivity index (χ0v) is 14.1. The Bertz CT molecular complexity index is 482. The smallest absolute Gasteiger partial charge is 0.310 e. The van der Waals surface area contributed by atoms with Crippen molar-refractivity contribution in [3.8, 4) is 0 Å². The van der Waals surface area contributed by atoms with Gasteiger partial charge in [0, 0.05) is 24.4 Å². The van der Waals surface area contributed by atoms with Crippen molar-refractivity contribution in [1.82, 2.24) is 9.88 Å². The van der Waals surface area contributed by atoms with Gasteiger partial charge in [-0.1, -0.05) is 27.2 Å². The quantitative estimate of drug-likeness (QED) is 0.870. The number of carbonyl (C=O) groups is 1. The van der Waals surface area contributed by atoms with E-state index in [2.05, 4.69) is 36.0 Å². The topological polar surface area (TPSA) is 53.4 Å². The van der Waals surface area contributed by atoms with Crippen molar-refractivity contribution in [1.29, 1.82) is 0 Å². The Kier molecular flexibility index (Phi) is 5.38. The van der Waals surface area contributed by atoms with Crippen LogP contribution in [-0.2, 0) is 11.3 Å². The molecule has 1 aliphatic heterocycles. The first-order valence-electron chi connectivity index (χ1n) is 7.87. The lowest BCUT2D eigenvalue weighted by Gasteiger charge is -2.39. The first-order valence-corrected chi connectivity index (χ1v) is 8.75. The van der Waals surface area contributed by atoms with Crippen molar-refractivity contribution in [2.45, 2.75) is 58.9 Å². The normalized spacial score (nSPS) is 23.6. The number of thiazole rings is 1. The van der Waals surface area contributed by atoms with Gasteiger partial charge < -0.3 is 5.11 Å². The van der Waals surface area contributed by atoms with Crippen LogP contribution in [0.25, 0.3) is 0 Å². The predicted molar refractivity (Wildman–Crippen MR) is 85.7 cm³/mol. The van der Waals surface area contributed by atoms with Crippen LogP contribution in [-0.4, -0.2) is 34.0 Å². The van der Waals surface area contributed by atoms with Crippen molar-refractivity contribution in [3.05, 3.63) is 16.1 Å². The second kappa shape index (κ2) is 6.88. The number of hydrogen-bond donors (Lipinski definition) is 1. The van der Waals surface area contributed by atoms with Crippen LogP contribution in [0.2, 0.25) is 0 Å². The monoisotopic (exact) mass is 310 g/mol. The molecule has 1 N–H and O–H groups in total. The third-order valence-corrected chi connectivity index (χ3v) is 5.48. The van der Waals surface area contributed by atoms with Crippen LogP contribution in [0.1, 0.15) is 63.1 Å². The highest BCUT2D eigenvalue weighted by atomic mass is 32.1.